The van der Waals surface area contributed by atoms with E-state index in [-0.39, 0.29) is 6.10 Å². The van der Waals surface area contributed by atoms with Crippen LogP contribution in [0.15, 0.2) is 47.2 Å². The molecule has 1 fully saturated rings. The number of aryl methyl sites for hydroxylation is 1. The average Bonchev–Trinajstić information content (AvgIpc) is 3.46. The topological polar surface area (TPSA) is 81.5 Å². The highest BCUT2D eigenvalue weighted by atomic mass is 79.9. The maximum atomic E-state index is 9.26. The van der Waals surface area contributed by atoms with Gasteiger partial charge in [-0.25, -0.2) is 14.6 Å². The van der Waals surface area contributed by atoms with Gasteiger partial charge in [0.05, 0.1) is 17.1 Å². The Labute approximate surface area is 175 Å². The molecule has 5 rings (SSSR count). The van der Waals surface area contributed by atoms with Gasteiger partial charge in [-0.05, 0) is 56.2 Å². The minimum absolute atomic E-state index is 0.0174. The van der Waals surface area contributed by atoms with E-state index in [4.69, 9.17) is 9.72 Å². The van der Waals surface area contributed by atoms with Crippen LogP contribution in [0.25, 0.3) is 22.7 Å². The summed E-state index contributed by atoms with van der Waals surface area (Å²) in [5.41, 5.74) is 4.05. The normalized spacial score (nSPS) is 16.4. The second kappa shape index (κ2) is 7.10. The molecular weight excluding hydrogens is 432 g/mol. The molecule has 0 amide bonds. The van der Waals surface area contributed by atoms with Crippen LogP contribution in [0.1, 0.15) is 35.9 Å². The van der Waals surface area contributed by atoms with E-state index >= 15 is 0 Å². The molecule has 0 aliphatic carbocycles. The lowest BCUT2D eigenvalue weighted by Gasteiger charge is -2.17. The van der Waals surface area contributed by atoms with E-state index in [1.807, 2.05) is 41.8 Å². The zero-order chi connectivity index (χ0) is 20.0. The zero-order valence-corrected chi connectivity index (χ0v) is 17.3. The first kappa shape index (κ1) is 18.0. The molecule has 1 aliphatic rings. The first-order valence-corrected chi connectivity index (χ1v) is 10.2. The highest BCUT2D eigenvalue weighted by molar-refractivity contribution is 9.10. The van der Waals surface area contributed by atoms with Gasteiger partial charge in [0.1, 0.15) is 18.2 Å². The van der Waals surface area contributed by atoms with Crippen molar-refractivity contribution in [2.24, 2.45) is 0 Å². The van der Waals surface area contributed by atoms with Crippen molar-refractivity contribution in [3.8, 4) is 17.7 Å². The number of imidazole rings is 1. The minimum Gasteiger partial charge on any atom is -0.373 e. The summed E-state index contributed by atoms with van der Waals surface area (Å²) in [4.78, 5) is 9.43. The molecule has 7 nitrogen and oxygen atoms in total. The maximum absolute atomic E-state index is 9.26. The summed E-state index contributed by atoms with van der Waals surface area (Å²) in [5.74, 6) is 1.42. The van der Waals surface area contributed by atoms with Crippen molar-refractivity contribution >= 4 is 27.0 Å². The number of hydrogen-bond acceptors (Lipinski definition) is 5. The molecule has 29 heavy (non-hydrogen) atoms. The number of aromatic nitrogens is 5. The fourth-order valence-corrected chi connectivity index (χ4v) is 4.09. The van der Waals surface area contributed by atoms with Crippen LogP contribution >= 0.6 is 15.9 Å². The molecule has 4 aromatic rings. The molecule has 1 aromatic carbocycles. The van der Waals surface area contributed by atoms with Crippen molar-refractivity contribution in [1.29, 1.82) is 5.26 Å². The number of halogens is 1. The molecule has 1 aliphatic heterocycles. The number of nitriles is 1. The van der Waals surface area contributed by atoms with E-state index in [1.54, 1.807) is 17.1 Å². The van der Waals surface area contributed by atoms with Gasteiger partial charge in [-0.3, -0.25) is 4.57 Å². The van der Waals surface area contributed by atoms with E-state index in [0.717, 1.165) is 52.0 Å². The van der Waals surface area contributed by atoms with Crippen LogP contribution in [-0.4, -0.2) is 30.9 Å². The number of pyridine rings is 1. The van der Waals surface area contributed by atoms with Gasteiger partial charge in [-0.1, -0.05) is 15.9 Å². The van der Waals surface area contributed by atoms with Gasteiger partial charge in [0, 0.05) is 22.3 Å². The number of benzene rings is 1. The molecule has 0 bridgehead atoms. The summed E-state index contributed by atoms with van der Waals surface area (Å²) < 4.78 is 10.6. The standard InChI is InChI=1S/C21H17BrN6O/c1-13-9-15(11-23)26-28(13)21-16(19-3-2-8-29-19)5-7-20(25-21)27-12-24-17-10-14(22)4-6-18(17)27/h4-7,9-10,12,19H,2-3,8H2,1H3. The Kier molecular flexibility index (Phi) is 4.42. The molecule has 144 valence electrons. The zero-order valence-electron chi connectivity index (χ0n) is 15.7. The van der Waals surface area contributed by atoms with Gasteiger partial charge in [-0.15, -0.1) is 0 Å². The Balaban J connectivity index is 1.70. The molecule has 0 saturated carbocycles. The summed E-state index contributed by atoms with van der Waals surface area (Å²) in [5, 5.41) is 13.7. The number of ether oxygens (including phenoxy) is 1. The molecule has 1 atom stereocenters. The first-order valence-electron chi connectivity index (χ1n) is 9.37. The lowest BCUT2D eigenvalue weighted by atomic mass is 10.1. The molecule has 1 unspecified atom stereocenters. The summed E-state index contributed by atoms with van der Waals surface area (Å²) >= 11 is 3.49. The molecule has 4 heterocycles. The van der Waals surface area contributed by atoms with Crippen molar-refractivity contribution in [1.82, 2.24) is 24.3 Å². The number of nitrogens with zero attached hydrogens (tertiary/aromatic N) is 6. The third-order valence-corrected chi connectivity index (χ3v) is 5.62. The highest BCUT2D eigenvalue weighted by Gasteiger charge is 2.24. The van der Waals surface area contributed by atoms with Crippen LogP contribution in [0.3, 0.4) is 0 Å². The van der Waals surface area contributed by atoms with Crippen LogP contribution in [0, 0.1) is 18.3 Å². The van der Waals surface area contributed by atoms with Crippen LogP contribution in [0.2, 0.25) is 0 Å². The van der Waals surface area contributed by atoms with Gasteiger partial charge in [-0.2, -0.15) is 10.4 Å². The van der Waals surface area contributed by atoms with Gasteiger partial charge in [0.25, 0.3) is 0 Å². The summed E-state index contributed by atoms with van der Waals surface area (Å²) in [7, 11) is 0. The second-order valence-corrected chi connectivity index (χ2v) is 7.94. The van der Waals surface area contributed by atoms with Crippen LogP contribution in [0.4, 0.5) is 0 Å². The van der Waals surface area contributed by atoms with Crippen molar-refractivity contribution in [3.05, 3.63) is 64.1 Å². The predicted octanol–water partition coefficient (Wildman–Crippen LogP) is 4.40. The largest absolute Gasteiger partial charge is 0.373 e. The van der Waals surface area contributed by atoms with Gasteiger partial charge in [0.15, 0.2) is 11.5 Å². The quantitative estimate of drug-likeness (QED) is 0.463. The summed E-state index contributed by atoms with van der Waals surface area (Å²) in [6.07, 6.45) is 3.72. The highest BCUT2D eigenvalue weighted by Crippen LogP contribution is 2.33. The number of fused-ring (bicyclic) bond motifs is 1. The SMILES string of the molecule is Cc1cc(C#N)nn1-c1nc(-n2cnc3cc(Br)ccc32)ccc1C1CCCO1. The van der Waals surface area contributed by atoms with E-state index in [2.05, 4.69) is 32.1 Å². The minimum atomic E-state index is -0.0174. The predicted molar refractivity (Wildman–Crippen MR) is 111 cm³/mol. The Morgan fingerprint density at radius 1 is 1.24 bits per heavy atom. The van der Waals surface area contributed by atoms with Crippen LogP contribution < -0.4 is 0 Å². The molecule has 8 heteroatoms. The third kappa shape index (κ3) is 3.12. The monoisotopic (exact) mass is 448 g/mol. The lowest BCUT2D eigenvalue weighted by molar-refractivity contribution is 0.111. The Hall–Kier alpha value is -3.02. The van der Waals surface area contributed by atoms with Crippen molar-refractivity contribution < 1.29 is 4.74 Å². The molecule has 0 spiro atoms. The average molecular weight is 449 g/mol. The van der Waals surface area contributed by atoms with E-state index < -0.39 is 0 Å². The van der Waals surface area contributed by atoms with Crippen LogP contribution in [0.5, 0.6) is 0 Å². The molecule has 0 radical (unpaired) electrons. The Morgan fingerprint density at radius 3 is 2.90 bits per heavy atom. The van der Waals surface area contributed by atoms with Gasteiger partial charge in [0.2, 0.25) is 0 Å². The summed E-state index contributed by atoms with van der Waals surface area (Å²) in [6, 6.07) is 13.9. The van der Waals surface area contributed by atoms with Gasteiger partial charge < -0.3 is 4.74 Å². The number of hydrogen-bond donors (Lipinski definition) is 0. The third-order valence-electron chi connectivity index (χ3n) is 5.13. The lowest BCUT2D eigenvalue weighted by Crippen LogP contribution is -2.11. The fourth-order valence-electron chi connectivity index (χ4n) is 3.74. The van der Waals surface area contributed by atoms with Crippen molar-refractivity contribution in [2.45, 2.75) is 25.9 Å². The first-order chi connectivity index (χ1) is 14.1. The smallest absolute Gasteiger partial charge is 0.163 e. The molecule has 3 aromatic heterocycles. The van der Waals surface area contributed by atoms with Crippen molar-refractivity contribution in [3.63, 3.8) is 0 Å². The van der Waals surface area contributed by atoms with E-state index in [0.29, 0.717) is 11.5 Å². The second-order valence-electron chi connectivity index (χ2n) is 7.03. The molecule has 1 saturated heterocycles. The van der Waals surface area contributed by atoms with E-state index in [9.17, 15) is 5.26 Å². The molecular formula is C21H17BrN6O. The maximum Gasteiger partial charge on any atom is 0.163 e. The van der Waals surface area contributed by atoms with Crippen molar-refractivity contribution in [2.75, 3.05) is 6.61 Å². The fraction of sp³-hybridized carbons (Fsp3) is 0.238. The van der Waals surface area contributed by atoms with Gasteiger partial charge >= 0.3 is 0 Å². The Bertz CT molecular complexity index is 1260. The van der Waals surface area contributed by atoms with E-state index in [1.165, 1.54) is 0 Å². The Morgan fingerprint density at radius 2 is 2.14 bits per heavy atom. The summed E-state index contributed by atoms with van der Waals surface area (Å²) in [6.45, 7) is 2.67. The number of rotatable bonds is 3. The van der Waals surface area contributed by atoms with Crippen LogP contribution in [-0.2, 0) is 4.74 Å². The molecule has 0 N–H and O–H groups in total.